The second kappa shape index (κ2) is 14.8. The molecule has 43 heavy (non-hydrogen) atoms. The smallest absolute Gasteiger partial charge is 0.426 e. The first kappa shape index (κ1) is 37.4. The summed E-state index contributed by atoms with van der Waals surface area (Å²) in [5, 5.41) is 0. The van der Waals surface area contributed by atoms with Crippen molar-refractivity contribution in [3.63, 3.8) is 0 Å². The molecule has 0 amide bonds. The quantitative estimate of drug-likeness (QED) is 0.395. The molecule has 4 bridgehead atoms. The van der Waals surface area contributed by atoms with Gasteiger partial charge >= 0.3 is 43.7 Å². The van der Waals surface area contributed by atoms with E-state index in [0.29, 0.717) is 19.3 Å². The lowest BCUT2D eigenvalue weighted by Gasteiger charge is -2.40. The summed E-state index contributed by atoms with van der Waals surface area (Å²) in [6.07, 6.45) is 0.717. The summed E-state index contributed by atoms with van der Waals surface area (Å²) >= 11 is 0. The van der Waals surface area contributed by atoms with E-state index in [1.54, 1.807) is 0 Å². The molecule has 3 rings (SSSR count). The Bertz CT molecular complexity index is 878. The van der Waals surface area contributed by atoms with E-state index in [2.05, 4.69) is 0 Å². The minimum Gasteiger partial charge on any atom is -0.426 e. The summed E-state index contributed by atoms with van der Waals surface area (Å²) in [6, 6.07) is 0. The van der Waals surface area contributed by atoms with Crippen LogP contribution in [0.25, 0.3) is 0 Å². The summed E-state index contributed by atoms with van der Waals surface area (Å²) in [5.41, 5.74) is -2.42. The second-order valence-electron chi connectivity index (χ2n) is 15.1. The predicted molar refractivity (Wildman–Crippen MR) is 167 cm³/mol. The van der Waals surface area contributed by atoms with Crippen molar-refractivity contribution >= 4 is 43.7 Å². The van der Waals surface area contributed by atoms with Gasteiger partial charge < -0.3 is 55.4 Å². The Morgan fingerprint density at radius 1 is 0.698 bits per heavy atom. The zero-order chi connectivity index (χ0) is 32.4. The number of ether oxygens (including phenoxy) is 1. The van der Waals surface area contributed by atoms with Crippen LogP contribution in [-0.4, -0.2) is 84.4 Å². The van der Waals surface area contributed by atoms with Crippen molar-refractivity contribution in [1.29, 1.82) is 0 Å². The number of fused-ring (bicyclic) bond motifs is 4. The Morgan fingerprint density at radius 2 is 1.14 bits per heavy atom. The van der Waals surface area contributed by atoms with Crippen LogP contribution in [0.15, 0.2) is 0 Å². The molecule has 0 N–H and O–H groups in total. The highest BCUT2D eigenvalue weighted by molar-refractivity contribution is 6.70. The van der Waals surface area contributed by atoms with Gasteiger partial charge in [-0.1, -0.05) is 13.8 Å². The van der Waals surface area contributed by atoms with Gasteiger partial charge in [0.2, 0.25) is 0 Å². The van der Waals surface area contributed by atoms with Gasteiger partial charge in [0.05, 0.1) is 28.5 Å². The number of hydrogen-bond acceptors (Lipinski definition) is 12. The molecule has 0 aliphatic carbocycles. The maximum atomic E-state index is 6.29. The molecular formula is C25H52B6O12. The maximum absolute atomic E-state index is 6.29. The van der Waals surface area contributed by atoms with Crippen molar-refractivity contribution in [2.24, 2.45) is 0 Å². The molecular weight excluding hydrogens is 557 g/mol. The molecule has 0 aromatic heterocycles. The van der Waals surface area contributed by atoms with Crippen LogP contribution in [-0.2, 0) is 55.4 Å². The Morgan fingerprint density at radius 3 is 1.63 bits per heavy atom. The van der Waals surface area contributed by atoms with E-state index in [1.165, 1.54) is 0 Å². The van der Waals surface area contributed by atoms with Gasteiger partial charge in [-0.25, -0.2) is 0 Å². The van der Waals surface area contributed by atoms with E-state index >= 15 is 0 Å². The highest BCUT2D eigenvalue weighted by Gasteiger charge is 2.52. The molecule has 18 heteroatoms. The van der Waals surface area contributed by atoms with Gasteiger partial charge in [-0.2, -0.15) is 0 Å². The lowest BCUT2D eigenvalue weighted by atomic mass is 9.70. The van der Waals surface area contributed by atoms with Crippen molar-refractivity contribution in [3.8, 4) is 0 Å². The maximum Gasteiger partial charge on any atom is 0.615 e. The Balaban J connectivity index is 1.78. The zero-order valence-corrected chi connectivity index (χ0v) is 28.8. The molecule has 0 aromatic rings. The molecule has 3 unspecified atom stereocenters. The normalized spacial score (nSPS) is 27.1. The van der Waals surface area contributed by atoms with Crippen LogP contribution in [0.2, 0.25) is 5.82 Å². The fourth-order valence-corrected chi connectivity index (χ4v) is 5.51. The third-order valence-corrected chi connectivity index (χ3v) is 6.75. The summed E-state index contributed by atoms with van der Waals surface area (Å²) in [5.74, 6) is 0.0485. The van der Waals surface area contributed by atoms with Crippen molar-refractivity contribution in [2.45, 2.75) is 163 Å². The van der Waals surface area contributed by atoms with Crippen molar-refractivity contribution in [2.75, 3.05) is 0 Å². The molecule has 0 saturated carbocycles. The summed E-state index contributed by atoms with van der Waals surface area (Å²) in [6.45, 7) is 27.5. The van der Waals surface area contributed by atoms with Gasteiger partial charge in [-0.3, -0.25) is 0 Å². The first-order valence-corrected chi connectivity index (χ1v) is 15.5. The minimum atomic E-state index is -1.14. The molecule has 242 valence electrons. The zero-order valence-electron chi connectivity index (χ0n) is 28.8. The van der Waals surface area contributed by atoms with E-state index in [4.69, 9.17) is 55.4 Å². The van der Waals surface area contributed by atoms with Gasteiger partial charge in [0.1, 0.15) is 0 Å². The lowest BCUT2D eigenvalue weighted by Crippen LogP contribution is -2.58. The molecule has 3 fully saturated rings. The lowest BCUT2D eigenvalue weighted by molar-refractivity contribution is -0.0862. The van der Waals surface area contributed by atoms with Crippen LogP contribution >= 0.6 is 0 Å². The second-order valence-corrected chi connectivity index (χ2v) is 15.1. The Hall–Kier alpha value is -0.0904. The van der Waals surface area contributed by atoms with Gasteiger partial charge in [-0.05, 0) is 102 Å². The third-order valence-electron chi connectivity index (χ3n) is 6.75. The van der Waals surface area contributed by atoms with Crippen LogP contribution in [0.1, 0.15) is 116 Å². The van der Waals surface area contributed by atoms with Crippen LogP contribution in [0.5, 0.6) is 0 Å². The van der Waals surface area contributed by atoms with Gasteiger partial charge in [-0.15, -0.1) is 0 Å². The largest absolute Gasteiger partial charge is 0.615 e. The Kier molecular flexibility index (Phi) is 12.8. The number of hydrogen-bond donors (Lipinski definition) is 0. The first-order valence-electron chi connectivity index (χ1n) is 15.5. The van der Waals surface area contributed by atoms with Crippen molar-refractivity contribution < 1.29 is 55.4 Å². The van der Waals surface area contributed by atoms with E-state index in [-0.39, 0.29) is 29.7 Å². The van der Waals surface area contributed by atoms with E-state index in [9.17, 15) is 0 Å². The van der Waals surface area contributed by atoms with Gasteiger partial charge in [0, 0.05) is 18.6 Å². The van der Waals surface area contributed by atoms with Crippen molar-refractivity contribution in [1.82, 2.24) is 0 Å². The van der Waals surface area contributed by atoms with Crippen molar-refractivity contribution in [3.05, 3.63) is 0 Å². The van der Waals surface area contributed by atoms with Crippen LogP contribution in [0.3, 0.4) is 0 Å². The van der Waals surface area contributed by atoms with E-state index in [1.807, 2.05) is 96.9 Å². The fraction of sp³-hybridized carbons (Fsp3) is 1.00. The molecule has 0 spiro atoms. The van der Waals surface area contributed by atoms with Crippen LogP contribution in [0, 0.1) is 0 Å². The molecule has 3 heterocycles. The highest BCUT2D eigenvalue weighted by Crippen LogP contribution is 2.30. The standard InChI is InChI=1S/C25H52B6O12/c1-18(2)26-38-27-33-20(4)16-25(13,14)37-31-42-28(34-21(5)17-24(11,12)35-29(39-26)40-27)41-30(43-31)36-23(9,10)15-19(3)32-22(6,7)8/h18-21H,15-17H2,1-14H3. The monoisotopic (exact) mass is 610 g/mol. The molecule has 3 saturated heterocycles. The topological polar surface area (TPSA) is 111 Å². The SMILES string of the molecule is CC1CC(C)(C)OB2OB(OB(C(C)C)O2)OC(C)CC(C)(C)OB2OB(OB(OC(C)(C)CC(C)OC(C)(C)C)O2)O1. The highest BCUT2D eigenvalue weighted by atomic mass is 16.9. The fourth-order valence-electron chi connectivity index (χ4n) is 5.51. The first-order chi connectivity index (χ1) is 19.6. The minimum absolute atomic E-state index is 0.0485. The Labute approximate surface area is 261 Å². The number of rotatable bonds is 6. The van der Waals surface area contributed by atoms with E-state index in [0.717, 1.165) is 0 Å². The van der Waals surface area contributed by atoms with E-state index < -0.39 is 60.5 Å². The van der Waals surface area contributed by atoms with Gasteiger partial charge in [0.15, 0.2) is 0 Å². The summed E-state index contributed by atoms with van der Waals surface area (Å²) < 4.78 is 72.9. The summed E-state index contributed by atoms with van der Waals surface area (Å²) in [4.78, 5) is 0. The molecule has 3 atom stereocenters. The molecule has 3 aliphatic rings. The predicted octanol–water partition coefficient (Wildman–Crippen LogP) is 4.52. The molecule has 0 aromatic carbocycles. The molecule has 0 radical (unpaired) electrons. The third kappa shape index (κ3) is 13.3. The average Bonchev–Trinajstić information content (AvgIpc) is 2.73. The summed E-state index contributed by atoms with van der Waals surface area (Å²) in [7, 11) is -5.94. The average molecular weight is 610 g/mol. The van der Waals surface area contributed by atoms with Crippen LogP contribution < -0.4 is 0 Å². The molecule has 12 nitrogen and oxygen atoms in total. The van der Waals surface area contributed by atoms with Gasteiger partial charge in [0.25, 0.3) is 0 Å². The molecule has 3 aliphatic heterocycles. The van der Waals surface area contributed by atoms with Crippen LogP contribution in [0.4, 0.5) is 0 Å².